The van der Waals surface area contributed by atoms with Gasteiger partial charge in [0.05, 0.1) is 50.3 Å². The van der Waals surface area contributed by atoms with Crippen LogP contribution >= 0.6 is 11.8 Å². The summed E-state index contributed by atoms with van der Waals surface area (Å²) < 4.78 is 32.2. The lowest BCUT2D eigenvalue weighted by Gasteiger charge is -2.50. The number of esters is 1. The predicted octanol–water partition coefficient (Wildman–Crippen LogP) is 7.81. The first-order valence-electron chi connectivity index (χ1n) is 15.7. The van der Waals surface area contributed by atoms with Gasteiger partial charge in [-0.1, -0.05) is 109 Å². The number of thioether (sulfide) groups is 1. The van der Waals surface area contributed by atoms with Gasteiger partial charge in [-0.3, -0.25) is 4.79 Å². The summed E-state index contributed by atoms with van der Waals surface area (Å²) in [6.45, 7) is 7.28. The third-order valence-electron chi connectivity index (χ3n) is 8.31. The second-order valence-corrected chi connectivity index (χ2v) is 13.5. The van der Waals surface area contributed by atoms with Crippen molar-refractivity contribution in [2.24, 2.45) is 5.41 Å². The molecule has 6 nitrogen and oxygen atoms in total. The summed E-state index contributed by atoms with van der Waals surface area (Å²) in [7, 11) is 1.42. The summed E-state index contributed by atoms with van der Waals surface area (Å²) >= 11 is 1.65. The van der Waals surface area contributed by atoms with E-state index < -0.39 is 29.8 Å². The van der Waals surface area contributed by atoms with Crippen molar-refractivity contribution < 1.29 is 28.5 Å². The van der Waals surface area contributed by atoms with Crippen LogP contribution in [0.1, 0.15) is 36.1 Å². The van der Waals surface area contributed by atoms with E-state index in [-0.39, 0.29) is 17.8 Å². The van der Waals surface area contributed by atoms with Gasteiger partial charge < -0.3 is 23.7 Å². The van der Waals surface area contributed by atoms with Crippen molar-refractivity contribution in [3.8, 4) is 0 Å². The molecular formula is C39H44O6S. The van der Waals surface area contributed by atoms with Crippen LogP contribution in [0.3, 0.4) is 0 Å². The van der Waals surface area contributed by atoms with Gasteiger partial charge in [-0.05, 0) is 49.6 Å². The molecule has 1 heterocycles. The Morgan fingerprint density at radius 3 is 1.74 bits per heavy atom. The summed E-state index contributed by atoms with van der Waals surface area (Å²) in [5.41, 5.74) is 3.35. The maximum absolute atomic E-state index is 13.3. The molecular weight excluding hydrogens is 596 g/mol. The average molecular weight is 641 g/mol. The number of ether oxygens (including phenoxy) is 5. The molecule has 4 aromatic carbocycles. The molecule has 0 radical (unpaired) electrons. The van der Waals surface area contributed by atoms with Crippen molar-refractivity contribution in [3.63, 3.8) is 0 Å². The first kappa shape index (κ1) is 33.9. The fourth-order valence-corrected chi connectivity index (χ4v) is 7.21. The summed E-state index contributed by atoms with van der Waals surface area (Å²) in [5, 5.41) is -0.313. The van der Waals surface area contributed by atoms with Gasteiger partial charge in [-0.25, -0.2) is 0 Å². The molecule has 0 aliphatic carbocycles. The lowest BCUT2D eigenvalue weighted by molar-refractivity contribution is -0.236. The van der Waals surface area contributed by atoms with E-state index in [1.54, 1.807) is 11.8 Å². The van der Waals surface area contributed by atoms with Crippen LogP contribution in [0.25, 0.3) is 0 Å². The summed E-state index contributed by atoms with van der Waals surface area (Å²) in [6.07, 6.45) is -2.04. The predicted molar refractivity (Wildman–Crippen MR) is 181 cm³/mol. The molecule has 0 amide bonds. The van der Waals surface area contributed by atoms with Crippen molar-refractivity contribution in [1.82, 2.24) is 0 Å². The fraction of sp³-hybridized carbons (Fsp3) is 0.359. The van der Waals surface area contributed by atoms with E-state index in [4.69, 9.17) is 23.7 Å². The molecule has 242 valence electrons. The van der Waals surface area contributed by atoms with E-state index in [1.807, 2.05) is 92.7 Å². The normalized spacial score (nSPS) is 21.5. The van der Waals surface area contributed by atoms with Crippen LogP contribution in [-0.2, 0) is 48.3 Å². The molecule has 5 rings (SSSR count). The standard InChI is InChI=1S/C39H44O6S/c1-28-20-22-32(23-21-28)46-36-35(44-26-31-18-12-7-13-19-31)34(43-25-30-16-10-6-11-17-30)33(27-42-24-29-14-8-5-9-15-29)45-37(36)39(2,3)38(40)41-4/h5-23,33-37H,24-27H2,1-4H3/t33-,34-,35+,36-,37-/m1/s1. The minimum absolute atomic E-state index is 0.259. The molecule has 0 aromatic heterocycles. The SMILES string of the molecule is COC(=O)C(C)(C)[C@@H]1O[C@H](COCc2ccccc2)[C@@H](OCc2ccccc2)[C@H](OCc2ccccc2)[C@H]1Sc1ccc(C)cc1. The molecule has 0 unspecified atom stereocenters. The zero-order valence-corrected chi connectivity index (χ0v) is 27.9. The van der Waals surface area contributed by atoms with Gasteiger partial charge >= 0.3 is 5.97 Å². The van der Waals surface area contributed by atoms with Crippen molar-refractivity contribution >= 4 is 17.7 Å². The zero-order chi connectivity index (χ0) is 32.4. The average Bonchev–Trinajstić information content (AvgIpc) is 3.09. The summed E-state index contributed by atoms with van der Waals surface area (Å²) in [4.78, 5) is 14.4. The number of hydrogen-bond donors (Lipinski definition) is 0. The molecule has 4 aromatic rings. The Balaban J connectivity index is 1.52. The maximum atomic E-state index is 13.3. The number of methoxy groups -OCH3 is 1. The van der Waals surface area contributed by atoms with Gasteiger partial charge in [0.1, 0.15) is 18.3 Å². The third kappa shape index (κ3) is 8.87. The fourth-order valence-electron chi connectivity index (χ4n) is 5.70. The molecule has 1 aliphatic heterocycles. The molecule has 7 heteroatoms. The molecule has 0 spiro atoms. The highest BCUT2D eigenvalue weighted by Gasteiger charge is 2.55. The Kier molecular flexibility index (Phi) is 12.1. The Hall–Kier alpha value is -3.46. The topological polar surface area (TPSA) is 63.2 Å². The van der Waals surface area contributed by atoms with Crippen LogP contribution in [0.2, 0.25) is 0 Å². The molecule has 5 atom stereocenters. The van der Waals surface area contributed by atoms with Crippen LogP contribution in [0.15, 0.2) is 120 Å². The second kappa shape index (κ2) is 16.4. The van der Waals surface area contributed by atoms with Crippen molar-refractivity contribution in [2.45, 2.75) is 75.2 Å². The highest BCUT2D eigenvalue weighted by molar-refractivity contribution is 8.00. The van der Waals surface area contributed by atoms with E-state index >= 15 is 0 Å². The summed E-state index contributed by atoms with van der Waals surface area (Å²) in [6, 6.07) is 38.7. The monoisotopic (exact) mass is 640 g/mol. The number of benzene rings is 4. The summed E-state index contributed by atoms with van der Waals surface area (Å²) in [5.74, 6) is -0.346. The maximum Gasteiger partial charge on any atom is 0.313 e. The molecule has 1 saturated heterocycles. The Labute approximate surface area is 277 Å². The minimum Gasteiger partial charge on any atom is -0.469 e. The number of carbonyl (C=O) groups is 1. The first-order chi connectivity index (χ1) is 22.3. The van der Waals surface area contributed by atoms with Crippen LogP contribution < -0.4 is 0 Å². The molecule has 0 N–H and O–H groups in total. The van der Waals surface area contributed by atoms with Gasteiger partial charge in [0.25, 0.3) is 0 Å². The van der Waals surface area contributed by atoms with Gasteiger partial charge in [-0.2, -0.15) is 0 Å². The number of rotatable bonds is 14. The zero-order valence-electron chi connectivity index (χ0n) is 27.0. The lowest BCUT2D eigenvalue weighted by Crippen LogP contribution is -2.63. The van der Waals surface area contributed by atoms with Gasteiger partial charge in [-0.15, -0.1) is 11.8 Å². The molecule has 0 saturated carbocycles. The second-order valence-electron chi connectivity index (χ2n) is 12.2. The van der Waals surface area contributed by atoms with Crippen LogP contribution in [0.5, 0.6) is 0 Å². The number of hydrogen-bond acceptors (Lipinski definition) is 7. The Morgan fingerprint density at radius 2 is 1.22 bits per heavy atom. The Morgan fingerprint density at radius 1 is 0.717 bits per heavy atom. The molecule has 0 bridgehead atoms. The number of carbonyl (C=O) groups excluding carboxylic acids is 1. The van der Waals surface area contributed by atoms with E-state index in [9.17, 15) is 4.79 Å². The van der Waals surface area contributed by atoms with E-state index in [2.05, 4.69) is 43.3 Å². The van der Waals surface area contributed by atoms with Crippen molar-refractivity contribution in [1.29, 1.82) is 0 Å². The highest BCUT2D eigenvalue weighted by Crippen LogP contribution is 2.44. The first-order valence-corrected chi connectivity index (χ1v) is 16.6. The third-order valence-corrected chi connectivity index (χ3v) is 9.65. The van der Waals surface area contributed by atoms with Crippen LogP contribution in [0, 0.1) is 12.3 Å². The van der Waals surface area contributed by atoms with Crippen molar-refractivity contribution in [2.75, 3.05) is 13.7 Å². The quantitative estimate of drug-likeness (QED) is 0.130. The van der Waals surface area contributed by atoms with E-state index in [1.165, 1.54) is 12.7 Å². The number of aryl methyl sites for hydroxylation is 1. The van der Waals surface area contributed by atoms with Gasteiger partial charge in [0.2, 0.25) is 0 Å². The smallest absolute Gasteiger partial charge is 0.313 e. The highest BCUT2D eigenvalue weighted by atomic mass is 32.2. The van der Waals surface area contributed by atoms with Gasteiger partial charge in [0, 0.05) is 4.90 Å². The molecule has 46 heavy (non-hydrogen) atoms. The van der Waals surface area contributed by atoms with Gasteiger partial charge in [0.15, 0.2) is 0 Å². The van der Waals surface area contributed by atoms with Crippen LogP contribution in [0.4, 0.5) is 0 Å². The molecule has 1 aliphatic rings. The lowest BCUT2D eigenvalue weighted by atomic mass is 9.79. The van der Waals surface area contributed by atoms with E-state index in [0.717, 1.165) is 21.6 Å². The van der Waals surface area contributed by atoms with Crippen LogP contribution in [-0.4, -0.2) is 49.4 Å². The molecule has 1 fully saturated rings. The van der Waals surface area contributed by atoms with Crippen molar-refractivity contribution in [3.05, 3.63) is 138 Å². The Bertz CT molecular complexity index is 1480. The largest absolute Gasteiger partial charge is 0.469 e. The minimum atomic E-state index is -0.993. The van der Waals surface area contributed by atoms with E-state index in [0.29, 0.717) is 19.8 Å².